The van der Waals surface area contributed by atoms with Gasteiger partial charge in [0.2, 0.25) is 0 Å². The predicted octanol–water partition coefficient (Wildman–Crippen LogP) is 6.51. The van der Waals surface area contributed by atoms with Crippen molar-refractivity contribution in [1.82, 2.24) is 20.0 Å². The topological polar surface area (TPSA) is 125 Å². The number of aryl methyl sites for hydroxylation is 3. The number of anilines is 3. The number of hydrogen-bond donors (Lipinski definition) is 2. The summed E-state index contributed by atoms with van der Waals surface area (Å²) in [6, 6.07) is 24.3. The Bertz CT molecular complexity index is 1850. The third-order valence-electron chi connectivity index (χ3n) is 8.55. The van der Waals surface area contributed by atoms with Crippen molar-refractivity contribution < 1.29 is 19.1 Å². The zero-order chi connectivity index (χ0) is 33.8. The molecule has 11 nitrogen and oxygen atoms in total. The van der Waals surface area contributed by atoms with Crippen LogP contribution >= 0.6 is 0 Å². The lowest BCUT2D eigenvalue weighted by Gasteiger charge is -2.35. The number of rotatable bonds is 6. The van der Waals surface area contributed by atoms with Crippen molar-refractivity contribution in [3.8, 4) is 17.3 Å². The highest BCUT2D eigenvalue weighted by Crippen LogP contribution is 2.36. The quantitative estimate of drug-likeness (QED) is 0.243. The molecule has 2 N–H and O–H groups in total. The third-order valence-corrected chi connectivity index (χ3v) is 8.55. The average Bonchev–Trinajstić information content (AvgIpc) is 3.32. The second-order valence-corrected chi connectivity index (χ2v) is 13.1. The van der Waals surface area contributed by atoms with Crippen molar-refractivity contribution in [3.05, 3.63) is 94.5 Å². The fourth-order valence-corrected chi connectivity index (χ4v) is 6.00. The lowest BCUT2D eigenvalue weighted by atomic mass is 10.0. The number of nitrogens with one attached hydrogen (secondary N) is 2. The van der Waals surface area contributed by atoms with Crippen molar-refractivity contribution >= 4 is 29.4 Å². The summed E-state index contributed by atoms with van der Waals surface area (Å²) in [5.74, 6) is 0.676. The van der Waals surface area contributed by atoms with Crippen LogP contribution in [0.1, 0.15) is 48.6 Å². The van der Waals surface area contributed by atoms with Crippen LogP contribution in [0.5, 0.6) is 0 Å². The monoisotopic (exact) mass is 647 g/mol. The molecule has 0 unspecified atom stereocenters. The maximum Gasteiger partial charge on any atom is 0.410 e. The highest BCUT2D eigenvalue weighted by atomic mass is 16.6. The van der Waals surface area contributed by atoms with Crippen LogP contribution in [-0.4, -0.2) is 58.6 Å². The summed E-state index contributed by atoms with van der Waals surface area (Å²) < 4.78 is 12.8. The van der Waals surface area contributed by atoms with E-state index >= 15 is 0 Å². The molecule has 11 heteroatoms. The van der Waals surface area contributed by atoms with E-state index in [-0.39, 0.29) is 12.7 Å². The number of aromatic nitrogens is 2. The van der Waals surface area contributed by atoms with Crippen LogP contribution in [0.2, 0.25) is 0 Å². The van der Waals surface area contributed by atoms with E-state index < -0.39 is 11.7 Å². The van der Waals surface area contributed by atoms with Gasteiger partial charge in [-0.3, -0.25) is 0 Å². The Balaban J connectivity index is 1.10. The third kappa shape index (κ3) is 7.39. The summed E-state index contributed by atoms with van der Waals surface area (Å²) in [6.07, 6.45) is -0.00342. The first-order valence-corrected chi connectivity index (χ1v) is 16.3. The standard InChI is InChI=1S/C37H41N7O4/c1-25-20-28(10-11-29(25)23-39-35(45)48-37(2,3)4)33-31(22-38)34-40-32-13-12-30(21-27(32)14-15-44(34)41-33)42-16-18-43(19-17-42)36(46)47-24-26-8-6-5-7-9-26/h5-13,20-21,40H,14-19,23-24H2,1-4H3,(H,39,45). The molecular weight excluding hydrogens is 606 g/mol. The van der Waals surface area contributed by atoms with Gasteiger partial charge < -0.3 is 29.9 Å². The van der Waals surface area contributed by atoms with E-state index in [1.807, 2.05) is 80.9 Å². The molecule has 0 bridgehead atoms. The molecule has 4 aromatic rings. The molecule has 0 saturated carbocycles. The van der Waals surface area contributed by atoms with Gasteiger partial charge in [-0.15, -0.1) is 0 Å². The van der Waals surface area contributed by atoms with Crippen molar-refractivity contribution in [2.45, 2.75) is 59.4 Å². The molecular formula is C37H41N7O4. The number of piperazine rings is 1. The summed E-state index contributed by atoms with van der Waals surface area (Å²) in [5.41, 5.74) is 7.48. The van der Waals surface area contributed by atoms with Crippen LogP contribution in [0.25, 0.3) is 11.3 Å². The number of ether oxygens (including phenoxy) is 2. The van der Waals surface area contributed by atoms with Crippen molar-refractivity contribution in [1.29, 1.82) is 5.26 Å². The second-order valence-electron chi connectivity index (χ2n) is 13.1. The molecule has 1 aromatic heterocycles. The predicted molar refractivity (Wildman–Crippen MR) is 184 cm³/mol. The average molecular weight is 648 g/mol. The van der Waals surface area contributed by atoms with Gasteiger partial charge >= 0.3 is 12.2 Å². The van der Waals surface area contributed by atoms with Crippen LogP contribution in [-0.2, 0) is 35.6 Å². The Kier molecular flexibility index (Phi) is 9.26. The highest BCUT2D eigenvalue weighted by molar-refractivity contribution is 5.78. The van der Waals surface area contributed by atoms with Crippen LogP contribution in [0, 0.1) is 18.3 Å². The number of carbonyl (C=O) groups is 2. The first-order chi connectivity index (χ1) is 23.1. The fraction of sp³-hybridized carbons (Fsp3) is 0.351. The number of alkyl carbamates (subject to hydrolysis) is 1. The Hall–Kier alpha value is -5.50. The summed E-state index contributed by atoms with van der Waals surface area (Å²) in [6.45, 7) is 11.3. The van der Waals surface area contributed by atoms with Crippen LogP contribution in [0.4, 0.5) is 26.8 Å². The SMILES string of the molecule is Cc1cc(-c2nn3c(c2C#N)Nc2ccc(N4CCN(C(=O)OCc5ccccc5)CC4)cc2CC3)ccc1CNC(=O)OC(C)(C)C. The highest BCUT2D eigenvalue weighted by Gasteiger charge is 2.26. The van der Waals surface area contributed by atoms with E-state index in [1.54, 1.807) is 4.90 Å². The summed E-state index contributed by atoms with van der Waals surface area (Å²) >= 11 is 0. The van der Waals surface area contributed by atoms with Crippen molar-refractivity contribution in [2.75, 3.05) is 36.4 Å². The normalized spacial score (nSPS) is 14.1. The van der Waals surface area contributed by atoms with E-state index in [9.17, 15) is 14.9 Å². The lowest BCUT2D eigenvalue weighted by Crippen LogP contribution is -2.49. The first kappa shape index (κ1) is 32.4. The first-order valence-electron chi connectivity index (χ1n) is 16.3. The van der Waals surface area contributed by atoms with Gasteiger partial charge in [-0.05, 0) is 80.6 Å². The van der Waals surface area contributed by atoms with Gasteiger partial charge in [0, 0.05) is 56.2 Å². The maximum atomic E-state index is 12.6. The number of fused-ring (bicyclic) bond motifs is 2. The van der Waals surface area contributed by atoms with Crippen LogP contribution in [0.15, 0.2) is 66.7 Å². The number of amides is 2. The van der Waals surface area contributed by atoms with E-state index in [1.165, 1.54) is 0 Å². The Morgan fingerprint density at radius 3 is 2.48 bits per heavy atom. The van der Waals surface area contributed by atoms with Gasteiger partial charge in [-0.2, -0.15) is 10.4 Å². The fourth-order valence-electron chi connectivity index (χ4n) is 6.00. The summed E-state index contributed by atoms with van der Waals surface area (Å²) in [4.78, 5) is 28.8. The number of carbonyl (C=O) groups excluding carboxylic acids is 2. The van der Waals surface area contributed by atoms with Crippen LogP contribution < -0.4 is 15.5 Å². The summed E-state index contributed by atoms with van der Waals surface area (Å²) in [5, 5.41) is 21.4. The Morgan fingerprint density at radius 1 is 1.00 bits per heavy atom. The second kappa shape index (κ2) is 13.7. The van der Waals surface area contributed by atoms with Gasteiger partial charge in [0.25, 0.3) is 0 Å². The maximum absolute atomic E-state index is 12.6. The minimum absolute atomic E-state index is 0.269. The van der Waals surface area contributed by atoms with E-state index in [4.69, 9.17) is 14.6 Å². The number of nitrogens with zero attached hydrogens (tertiary/aromatic N) is 5. The number of benzene rings is 3. The zero-order valence-corrected chi connectivity index (χ0v) is 27.9. The molecule has 2 aliphatic rings. The molecule has 0 aliphatic carbocycles. The van der Waals surface area contributed by atoms with Crippen molar-refractivity contribution in [3.63, 3.8) is 0 Å². The molecule has 2 aliphatic heterocycles. The Morgan fingerprint density at radius 2 is 1.77 bits per heavy atom. The lowest BCUT2D eigenvalue weighted by molar-refractivity contribution is 0.0523. The van der Waals surface area contributed by atoms with Gasteiger partial charge in [-0.25, -0.2) is 14.3 Å². The van der Waals surface area contributed by atoms with Crippen LogP contribution in [0.3, 0.4) is 0 Å². The largest absolute Gasteiger partial charge is 0.445 e. The van der Waals surface area contributed by atoms with E-state index in [0.717, 1.165) is 45.6 Å². The minimum Gasteiger partial charge on any atom is -0.445 e. The number of nitriles is 1. The zero-order valence-electron chi connectivity index (χ0n) is 27.9. The van der Waals surface area contributed by atoms with E-state index in [2.05, 4.69) is 39.8 Å². The molecule has 248 valence electrons. The van der Waals surface area contributed by atoms with Crippen molar-refractivity contribution in [2.24, 2.45) is 0 Å². The molecule has 1 saturated heterocycles. The van der Waals surface area contributed by atoms with Gasteiger partial charge in [0.05, 0.1) is 0 Å². The van der Waals surface area contributed by atoms with E-state index in [0.29, 0.717) is 56.3 Å². The molecule has 48 heavy (non-hydrogen) atoms. The van der Waals surface area contributed by atoms with Gasteiger partial charge in [0.1, 0.15) is 35.4 Å². The number of hydrogen-bond acceptors (Lipinski definition) is 8. The molecule has 0 spiro atoms. The smallest absolute Gasteiger partial charge is 0.410 e. The minimum atomic E-state index is -0.565. The molecule has 3 aromatic carbocycles. The Labute approximate surface area is 281 Å². The molecule has 3 heterocycles. The molecule has 1 fully saturated rings. The summed E-state index contributed by atoms with van der Waals surface area (Å²) in [7, 11) is 0. The molecule has 2 amide bonds. The van der Waals surface area contributed by atoms with Gasteiger partial charge in [-0.1, -0.05) is 42.5 Å². The van der Waals surface area contributed by atoms with Gasteiger partial charge in [0.15, 0.2) is 0 Å². The molecule has 6 rings (SSSR count). The molecule has 0 radical (unpaired) electrons. The molecule has 0 atom stereocenters.